The lowest BCUT2D eigenvalue weighted by atomic mass is 10.2. The molecule has 30 heavy (non-hydrogen) atoms. The summed E-state index contributed by atoms with van der Waals surface area (Å²) in [6.45, 7) is 0.288. The first-order valence-corrected chi connectivity index (χ1v) is 10.6. The van der Waals surface area contributed by atoms with Crippen molar-refractivity contribution in [3.8, 4) is 11.5 Å². The van der Waals surface area contributed by atoms with Crippen LogP contribution in [-0.2, 0) is 6.61 Å². The fourth-order valence-electron chi connectivity index (χ4n) is 2.57. The van der Waals surface area contributed by atoms with Crippen LogP contribution in [0.2, 0.25) is 10.0 Å². The zero-order chi connectivity index (χ0) is 21.5. The van der Waals surface area contributed by atoms with Gasteiger partial charge in [-0.05, 0) is 82.2 Å². The number of methoxy groups -OCH3 is 1. The van der Waals surface area contributed by atoms with E-state index in [0.29, 0.717) is 32.7 Å². The first-order valence-electron chi connectivity index (χ1n) is 8.80. The molecule has 0 fully saturated rings. The number of carbonyl (C=O) groups is 1. The molecule has 0 radical (unpaired) electrons. The van der Waals surface area contributed by atoms with Gasteiger partial charge in [-0.1, -0.05) is 35.3 Å². The van der Waals surface area contributed by atoms with E-state index in [4.69, 9.17) is 32.7 Å². The van der Waals surface area contributed by atoms with Crippen LogP contribution in [0.15, 0.2) is 65.8 Å². The van der Waals surface area contributed by atoms with Crippen LogP contribution in [0.4, 0.5) is 0 Å². The summed E-state index contributed by atoms with van der Waals surface area (Å²) in [5.41, 5.74) is 4.57. The number of carbonyl (C=O) groups excluding carboxylic acids is 1. The van der Waals surface area contributed by atoms with Crippen molar-refractivity contribution in [3.63, 3.8) is 0 Å². The number of halogens is 3. The predicted molar refractivity (Wildman–Crippen MR) is 128 cm³/mol. The van der Waals surface area contributed by atoms with Crippen molar-refractivity contribution in [2.45, 2.75) is 6.61 Å². The molecule has 0 saturated carbocycles. The summed E-state index contributed by atoms with van der Waals surface area (Å²) in [7, 11) is 1.53. The van der Waals surface area contributed by atoms with Gasteiger partial charge in [-0.15, -0.1) is 0 Å². The highest BCUT2D eigenvalue weighted by atomic mass is 127. The van der Waals surface area contributed by atoms with E-state index in [1.165, 1.54) is 13.3 Å². The van der Waals surface area contributed by atoms with E-state index >= 15 is 0 Å². The van der Waals surface area contributed by atoms with Crippen LogP contribution in [-0.4, -0.2) is 19.2 Å². The number of nitrogens with zero attached hydrogens (tertiary/aromatic N) is 1. The van der Waals surface area contributed by atoms with E-state index in [0.717, 1.165) is 9.13 Å². The molecule has 3 aromatic rings. The van der Waals surface area contributed by atoms with E-state index in [-0.39, 0.29) is 12.5 Å². The monoisotopic (exact) mass is 554 g/mol. The van der Waals surface area contributed by atoms with Crippen molar-refractivity contribution < 1.29 is 14.3 Å². The Morgan fingerprint density at radius 2 is 1.90 bits per heavy atom. The van der Waals surface area contributed by atoms with Crippen molar-refractivity contribution in [3.05, 3.63) is 91.0 Å². The maximum absolute atomic E-state index is 12.1. The number of amides is 1. The fourth-order valence-corrected chi connectivity index (χ4v) is 3.41. The third-order valence-corrected chi connectivity index (χ3v) is 5.25. The normalized spacial score (nSPS) is 10.8. The molecule has 0 aliphatic heterocycles. The summed E-state index contributed by atoms with van der Waals surface area (Å²) in [4.78, 5) is 12.1. The smallest absolute Gasteiger partial charge is 0.271 e. The van der Waals surface area contributed by atoms with Gasteiger partial charge in [0.05, 0.1) is 18.3 Å². The quantitative estimate of drug-likeness (QED) is 0.223. The van der Waals surface area contributed by atoms with E-state index in [9.17, 15) is 4.79 Å². The van der Waals surface area contributed by atoms with Gasteiger partial charge in [0.2, 0.25) is 0 Å². The SMILES string of the molecule is COc1cc(/C=N\NC(=O)c2ccc(I)cc2)cc(Cl)c1OCc1cccc(Cl)c1. The Hall–Kier alpha value is -2.29. The van der Waals surface area contributed by atoms with Gasteiger partial charge in [-0.3, -0.25) is 4.79 Å². The van der Waals surface area contributed by atoms with Gasteiger partial charge in [0.25, 0.3) is 5.91 Å². The molecule has 0 aromatic heterocycles. The Morgan fingerprint density at radius 3 is 2.60 bits per heavy atom. The molecule has 5 nitrogen and oxygen atoms in total. The molecule has 1 N–H and O–H groups in total. The molecule has 0 unspecified atom stereocenters. The van der Waals surface area contributed by atoms with Gasteiger partial charge >= 0.3 is 0 Å². The largest absolute Gasteiger partial charge is 0.493 e. The summed E-state index contributed by atoms with van der Waals surface area (Å²) in [6, 6.07) is 17.9. The fraction of sp³-hybridized carbons (Fsp3) is 0.0909. The Morgan fingerprint density at radius 1 is 1.13 bits per heavy atom. The number of nitrogens with one attached hydrogen (secondary N) is 1. The van der Waals surface area contributed by atoms with Gasteiger partial charge in [0.1, 0.15) is 6.61 Å². The molecule has 3 rings (SSSR count). The molecule has 3 aromatic carbocycles. The number of ether oxygens (including phenoxy) is 2. The highest BCUT2D eigenvalue weighted by Crippen LogP contribution is 2.36. The summed E-state index contributed by atoms with van der Waals surface area (Å²) < 4.78 is 12.3. The van der Waals surface area contributed by atoms with Gasteiger partial charge < -0.3 is 9.47 Å². The van der Waals surface area contributed by atoms with Crippen LogP contribution in [0.5, 0.6) is 11.5 Å². The molecule has 154 valence electrons. The molecule has 0 saturated heterocycles. The molecular formula is C22H17Cl2IN2O3. The van der Waals surface area contributed by atoms with Crippen molar-refractivity contribution >= 4 is 57.9 Å². The standard InChI is InChI=1S/C22H17Cl2IN2O3/c1-29-20-11-15(12-26-27-22(28)16-5-7-18(25)8-6-16)10-19(24)21(20)30-13-14-3-2-4-17(23)9-14/h2-12H,13H2,1H3,(H,27,28)/b26-12-. The molecular weight excluding hydrogens is 538 g/mol. The summed E-state index contributed by atoms with van der Waals surface area (Å²) in [5.74, 6) is 0.566. The van der Waals surface area contributed by atoms with Crippen molar-refractivity contribution in [1.82, 2.24) is 5.43 Å². The molecule has 0 aliphatic rings. The van der Waals surface area contributed by atoms with Crippen LogP contribution in [0.1, 0.15) is 21.5 Å². The molecule has 8 heteroatoms. The van der Waals surface area contributed by atoms with E-state index in [1.807, 2.05) is 30.3 Å². The molecule has 0 atom stereocenters. The highest BCUT2D eigenvalue weighted by molar-refractivity contribution is 14.1. The number of hydrogen-bond donors (Lipinski definition) is 1. The van der Waals surface area contributed by atoms with Crippen LogP contribution in [0.25, 0.3) is 0 Å². The van der Waals surface area contributed by atoms with Crippen molar-refractivity contribution in [2.24, 2.45) is 5.10 Å². The first kappa shape index (κ1) is 22.4. The average molecular weight is 555 g/mol. The second-order valence-corrected chi connectivity index (χ2v) is 8.25. The average Bonchev–Trinajstić information content (AvgIpc) is 2.73. The molecule has 0 bridgehead atoms. The van der Waals surface area contributed by atoms with Gasteiger partial charge in [0.15, 0.2) is 11.5 Å². The Kier molecular flexibility index (Phi) is 7.95. The summed E-state index contributed by atoms with van der Waals surface area (Å²) >= 11 is 14.6. The third kappa shape index (κ3) is 6.10. The van der Waals surface area contributed by atoms with E-state index in [1.54, 1.807) is 30.3 Å². The predicted octanol–water partition coefficient (Wildman–Crippen LogP) is 5.95. The lowest BCUT2D eigenvalue weighted by molar-refractivity contribution is 0.0955. The van der Waals surface area contributed by atoms with E-state index in [2.05, 4.69) is 33.1 Å². The van der Waals surface area contributed by atoms with Gasteiger partial charge in [-0.2, -0.15) is 5.10 Å². The summed E-state index contributed by atoms with van der Waals surface area (Å²) in [6.07, 6.45) is 1.49. The number of rotatable bonds is 7. The number of benzene rings is 3. The van der Waals surface area contributed by atoms with Gasteiger partial charge in [0, 0.05) is 14.2 Å². The zero-order valence-corrected chi connectivity index (χ0v) is 19.5. The topological polar surface area (TPSA) is 59.9 Å². The Labute approximate surface area is 198 Å². The zero-order valence-electron chi connectivity index (χ0n) is 15.9. The maximum atomic E-state index is 12.1. The van der Waals surface area contributed by atoms with Crippen LogP contribution < -0.4 is 14.9 Å². The molecule has 1 amide bonds. The van der Waals surface area contributed by atoms with Crippen LogP contribution in [0, 0.1) is 3.57 Å². The number of hydrazone groups is 1. The maximum Gasteiger partial charge on any atom is 0.271 e. The van der Waals surface area contributed by atoms with Crippen molar-refractivity contribution in [2.75, 3.05) is 7.11 Å². The lowest BCUT2D eigenvalue weighted by Crippen LogP contribution is -2.17. The second-order valence-electron chi connectivity index (χ2n) is 6.16. The molecule has 0 aliphatic carbocycles. The van der Waals surface area contributed by atoms with Crippen LogP contribution >= 0.6 is 45.8 Å². The van der Waals surface area contributed by atoms with Gasteiger partial charge in [-0.25, -0.2) is 5.43 Å². The van der Waals surface area contributed by atoms with Crippen LogP contribution in [0.3, 0.4) is 0 Å². The minimum atomic E-state index is -0.304. The first-order chi connectivity index (χ1) is 14.5. The number of hydrogen-bond acceptors (Lipinski definition) is 4. The third-order valence-electron chi connectivity index (χ3n) is 4.01. The second kappa shape index (κ2) is 10.7. The Bertz CT molecular complexity index is 1070. The Balaban J connectivity index is 1.69. The minimum absolute atomic E-state index is 0.288. The highest BCUT2D eigenvalue weighted by Gasteiger charge is 2.12. The molecule has 0 heterocycles. The minimum Gasteiger partial charge on any atom is -0.493 e. The van der Waals surface area contributed by atoms with Crippen molar-refractivity contribution in [1.29, 1.82) is 0 Å². The summed E-state index contributed by atoms with van der Waals surface area (Å²) in [5, 5.41) is 4.99. The van der Waals surface area contributed by atoms with E-state index < -0.39 is 0 Å². The lowest BCUT2D eigenvalue weighted by Gasteiger charge is -2.13. The molecule has 0 spiro atoms.